The third kappa shape index (κ3) is 3.30. The van der Waals surface area contributed by atoms with E-state index < -0.39 is 0 Å². The molecule has 0 spiro atoms. The first-order chi connectivity index (χ1) is 15.7. The molecule has 1 aliphatic heterocycles. The van der Waals surface area contributed by atoms with Gasteiger partial charge in [0.25, 0.3) is 0 Å². The van der Waals surface area contributed by atoms with E-state index in [0.717, 1.165) is 11.3 Å². The summed E-state index contributed by atoms with van der Waals surface area (Å²) < 4.78 is 18.3. The molecule has 0 saturated heterocycles. The van der Waals surface area contributed by atoms with E-state index in [1.165, 1.54) is 6.33 Å². The summed E-state index contributed by atoms with van der Waals surface area (Å²) in [7, 11) is 0. The van der Waals surface area contributed by atoms with Crippen LogP contribution >= 0.6 is 0 Å². The molecule has 0 fully saturated rings. The minimum Gasteiger partial charge on any atom is -0.486 e. The molecule has 0 amide bonds. The van der Waals surface area contributed by atoms with Gasteiger partial charge in [-0.15, -0.1) is 0 Å². The summed E-state index contributed by atoms with van der Waals surface area (Å²) in [6.45, 7) is 3.07. The Kier molecular flexibility index (Phi) is 4.92. The van der Waals surface area contributed by atoms with Crippen LogP contribution in [0.1, 0.15) is 22.8 Å². The number of fused-ring (bicyclic) bond motifs is 2. The lowest BCUT2D eigenvalue weighted by molar-refractivity contribution is 0.0526. The van der Waals surface area contributed by atoms with Crippen molar-refractivity contribution in [3.63, 3.8) is 0 Å². The summed E-state index contributed by atoms with van der Waals surface area (Å²) in [4.78, 5) is 20.9. The summed E-state index contributed by atoms with van der Waals surface area (Å²) in [5.41, 5.74) is 4.34. The average molecular weight is 426 g/mol. The number of benzene rings is 2. The van der Waals surface area contributed by atoms with Crippen molar-refractivity contribution in [1.29, 1.82) is 5.26 Å². The number of aromatic nitrogens is 3. The highest BCUT2D eigenvalue weighted by molar-refractivity contribution is 5.95. The van der Waals surface area contributed by atoms with Crippen LogP contribution in [-0.2, 0) is 4.74 Å². The molecule has 158 valence electrons. The lowest BCUT2D eigenvalue weighted by atomic mass is 10.1. The van der Waals surface area contributed by atoms with Gasteiger partial charge in [0, 0.05) is 17.4 Å². The van der Waals surface area contributed by atoms with Crippen LogP contribution in [0, 0.1) is 11.3 Å². The van der Waals surface area contributed by atoms with Gasteiger partial charge in [0.15, 0.2) is 11.5 Å². The van der Waals surface area contributed by atoms with Crippen molar-refractivity contribution in [2.45, 2.75) is 6.92 Å². The smallest absolute Gasteiger partial charge is 0.338 e. The van der Waals surface area contributed by atoms with Crippen LogP contribution in [0.4, 0.5) is 0 Å². The van der Waals surface area contributed by atoms with Crippen LogP contribution in [0.5, 0.6) is 11.5 Å². The van der Waals surface area contributed by atoms with Gasteiger partial charge in [0.1, 0.15) is 31.1 Å². The second-order valence-electron chi connectivity index (χ2n) is 7.07. The molecule has 8 nitrogen and oxygen atoms in total. The van der Waals surface area contributed by atoms with Crippen molar-refractivity contribution in [3.05, 3.63) is 66.1 Å². The predicted molar refractivity (Wildman–Crippen MR) is 116 cm³/mol. The summed E-state index contributed by atoms with van der Waals surface area (Å²) >= 11 is 0. The van der Waals surface area contributed by atoms with E-state index in [0.29, 0.717) is 59.2 Å². The van der Waals surface area contributed by atoms with Gasteiger partial charge < -0.3 is 18.8 Å². The maximum atomic E-state index is 12.0. The van der Waals surface area contributed by atoms with Gasteiger partial charge in [0.05, 0.1) is 28.9 Å². The minimum atomic E-state index is -0.380. The lowest BCUT2D eigenvalue weighted by Gasteiger charge is -2.19. The number of ether oxygens (including phenoxy) is 3. The van der Waals surface area contributed by atoms with E-state index in [-0.39, 0.29) is 5.97 Å². The number of carbonyl (C=O) groups is 1. The molecule has 1 aliphatic rings. The van der Waals surface area contributed by atoms with Gasteiger partial charge in [-0.3, -0.25) is 0 Å². The van der Waals surface area contributed by atoms with Gasteiger partial charge in [-0.25, -0.2) is 14.8 Å². The zero-order valence-electron chi connectivity index (χ0n) is 17.2. The largest absolute Gasteiger partial charge is 0.486 e. The number of nitrogens with zero attached hydrogens (tertiary/aromatic N) is 4. The van der Waals surface area contributed by atoms with E-state index >= 15 is 0 Å². The molecule has 2 aromatic heterocycles. The van der Waals surface area contributed by atoms with E-state index in [1.54, 1.807) is 37.4 Å². The van der Waals surface area contributed by atoms with Crippen LogP contribution in [-0.4, -0.2) is 40.3 Å². The summed E-state index contributed by atoms with van der Waals surface area (Å²) in [5.74, 6) is 0.959. The quantitative estimate of drug-likeness (QED) is 0.456. The van der Waals surface area contributed by atoms with Crippen molar-refractivity contribution in [1.82, 2.24) is 14.5 Å². The van der Waals surface area contributed by atoms with E-state index in [1.807, 2.05) is 22.8 Å². The zero-order chi connectivity index (χ0) is 22.1. The van der Waals surface area contributed by atoms with Crippen molar-refractivity contribution in [3.8, 4) is 34.5 Å². The highest BCUT2D eigenvalue weighted by Gasteiger charge is 2.20. The molecule has 0 aliphatic carbocycles. The first-order valence-electron chi connectivity index (χ1n) is 10.1. The molecule has 0 saturated carbocycles. The molecule has 0 radical (unpaired) electrons. The molecular weight excluding hydrogens is 408 g/mol. The Morgan fingerprint density at radius 1 is 1.12 bits per heavy atom. The highest BCUT2D eigenvalue weighted by atomic mass is 16.6. The van der Waals surface area contributed by atoms with Crippen molar-refractivity contribution < 1.29 is 19.0 Å². The SMILES string of the molecule is CCOC(=O)c1ccc(-n2cc(C#N)c3ncnc(-c4ccc5c(c4)OCCO5)c32)cc1. The second-order valence-corrected chi connectivity index (χ2v) is 7.07. The monoisotopic (exact) mass is 426 g/mol. The molecule has 2 aromatic carbocycles. The van der Waals surface area contributed by atoms with E-state index in [2.05, 4.69) is 16.0 Å². The molecule has 0 atom stereocenters. The van der Waals surface area contributed by atoms with Crippen molar-refractivity contribution >= 4 is 17.0 Å². The Bertz CT molecular complexity index is 1370. The maximum Gasteiger partial charge on any atom is 0.338 e. The first-order valence-corrected chi connectivity index (χ1v) is 10.1. The Morgan fingerprint density at radius 3 is 2.66 bits per heavy atom. The van der Waals surface area contributed by atoms with Crippen LogP contribution < -0.4 is 9.47 Å². The number of rotatable bonds is 4. The standard InChI is InChI=1S/C24H18N4O4/c1-2-30-24(29)15-3-6-18(7-4-15)28-13-17(12-25)22-23(28)21(26-14-27-22)16-5-8-19-20(11-16)32-10-9-31-19/h3-8,11,13-14H,2,9-10H2,1H3. The van der Waals surface area contributed by atoms with Gasteiger partial charge >= 0.3 is 5.97 Å². The van der Waals surface area contributed by atoms with E-state index in [4.69, 9.17) is 14.2 Å². The summed E-state index contributed by atoms with van der Waals surface area (Å²) in [6.07, 6.45) is 3.17. The molecule has 3 heterocycles. The fraction of sp³-hybridized carbons (Fsp3) is 0.167. The highest BCUT2D eigenvalue weighted by Crippen LogP contribution is 2.37. The molecule has 0 unspecified atom stereocenters. The van der Waals surface area contributed by atoms with Crippen LogP contribution in [0.15, 0.2) is 55.0 Å². The van der Waals surface area contributed by atoms with Crippen molar-refractivity contribution in [2.24, 2.45) is 0 Å². The Balaban J connectivity index is 1.66. The van der Waals surface area contributed by atoms with Crippen LogP contribution in [0.25, 0.3) is 28.0 Å². The molecule has 8 heteroatoms. The third-order valence-electron chi connectivity index (χ3n) is 5.17. The van der Waals surface area contributed by atoms with Crippen LogP contribution in [0.2, 0.25) is 0 Å². The molecule has 5 rings (SSSR count). The average Bonchev–Trinajstić information content (AvgIpc) is 3.23. The summed E-state index contributed by atoms with van der Waals surface area (Å²) in [5, 5.41) is 9.67. The number of hydrogen-bond acceptors (Lipinski definition) is 7. The topological polar surface area (TPSA) is 99.3 Å². The molecule has 4 aromatic rings. The van der Waals surface area contributed by atoms with Crippen molar-refractivity contribution in [2.75, 3.05) is 19.8 Å². The molecular formula is C24H18N4O4. The van der Waals surface area contributed by atoms with Gasteiger partial charge in [-0.05, 0) is 49.4 Å². The predicted octanol–water partition coefficient (Wildman–Crippen LogP) is 3.91. The van der Waals surface area contributed by atoms with E-state index in [9.17, 15) is 10.1 Å². The number of nitriles is 1. The first kappa shape index (κ1) is 19.6. The van der Waals surface area contributed by atoms with Gasteiger partial charge in [0.2, 0.25) is 0 Å². The third-order valence-corrected chi connectivity index (χ3v) is 5.17. The minimum absolute atomic E-state index is 0.310. The van der Waals surface area contributed by atoms with Gasteiger partial charge in [-0.1, -0.05) is 0 Å². The molecule has 0 bridgehead atoms. The Labute approximate surface area is 183 Å². The number of hydrogen-bond donors (Lipinski definition) is 0. The number of esters is 1. The summed E-state index contributed by atoms with van der Waals surface area (Å²) in [6, 6.07) is 14.8. The fourth-order valence-corrected chi connectivity index (χ4v) is 3.72. The molecule has 32 heavy (non-hydrogen) atoms. The number of carbonyl (C=O) groups excluding carboxylic acids is 1. The lowest BCUT2D eigenvalue weighted by Crippen LogP contribution is -2.15. The fourth-order valence-electron chi connectivity index (χ4n) is 3.72. The second kappa shape index (κ2) is 8.04. The Morgan fingerprint density at radius 2 is 1.91 bits per heavy atom. The maximum absolute atomic E-state index is 12.0. The molecule has 0 N–H and O–H groups in total. The normalized spacial score (nSPS) is 12.4. The Hall–Kier alpha value is -4.38. The van der Waals surface area contributed by atoms with Gasteiger partial charge in [-0.2, -0.15) is 5.26 Å². The zero-order valence-corrected chi connectivity index (χ0v) is 17.2. The van der Waals surface area contributed by atoms with Crippen LogP contribution in [0.3, 0.4) is 0 Å².